The van der Waals surface area contributed by atoms with Crippen LogP contribution >= 0.6 is 0 Å². The lowest BCUT2D eigenvalue weighted by atomic mass is 10.00. The predicted molar refractivity (Wildman–Crippen MR) is 127 cm³/mol. The number of carbonyl (C=O) groups is 1. The molecule has 1 saturated carbocycles. The zero-order valence-corrected chi connectivity index (χ0v) is 18.6. The van der Waals surface area contributed by atoms with Gasteiger partial charge in [0.25, 0.3) is 5.91 Å². The van der Waals surface area contributed by atoms with E-state index in [1.54, 1.807) is 42.4 Å². The molecular formula is C27H21N5O2. The smallest absolute Gasteiger partial charge is 0.254 e. The first-order valence-electron chi connectivity index (χ1n) is 11.0. The van der Waals surface area contributed by atoms with Crippen LogP contribution < -0.4 is 4.74 Å². The second-order valence-corrected chi connectivity index (χ2v) is 8.42. The summed E-state index contributed by atoms with van der Waals surface area (Å²) in [6.45, 7) is 0.355. The minimum absolute atomic E-state index is 0.144. The van der Waals surface area contributed by atoms with Crippen molar-refractivity contribution in [2.75, 3.05) is 7.05 Å². The Morgan fingerprint density at radius 3 is 2.76 bits per heavy atom. The highest BCUT2D eigenvalue weighted by molar-refractivity contribution is 5.96. The molecule has 0 unspecified atom stereocenters. The summed E-state index contributed by atoms with van der Waals surface area (Å²) in [5, 5.41) is 26.3. The molecule has 3 aromatic carbocycles. The fourth-order valence-electron chi connectivity index (χ4n) is 3.98. The number of fused-ring (bicyclic) bond motifs is 1. The van der Waals surface area contributed by atoms with Gasteiger partial charge in [0, 0.05) is 30.1 Å². The quantitative estimate of drug-likeness (QED) is 0.458. The second-order valence-electron chi connectivity index (χ2n) is 8.42. The molecule has 0 radical (unpaired) electrons. The number of hydrogen-bond acceptors (Lipinski definition) is 5. The highest BCUT2D eigenvalue weighted by Crippen LogP contribution is 2.36. The van der Waals surface area contributed by atoms with Gasteiger partial charge in [0.05, 0.1) is 41.1 Å². The van der Waals surface area contributed by atoms with Gasteiger partial charge in [0.15, 0.2) is 0 Å². The molecule has 34 heavy (non-hydrogen) atoms. The molecule has 5 rings (SSSR count). The molecule has 1 aliphatic rings. The number of ether oxygens (including phenoxy) is 1. The Bertz CT molecular complexity index is 1490. The lowest BCUT2D eigenvalue weighted by molar-refractivity contribution is 0.0785. The van der Waals surface area contributed by atoms with Crippen LogP contribution in [-0.2, 0) is 6.54 Å². The van der Waals surface area contributed by atoms with Crippen molar-refractivity contribution in [3.05, 3.63) is 83.0 Å². The normalized spacial score (nSPS) is 12.7. The number of nitrogens with one attached hydrogen (secondary N) is 1. The molecule has 0 saturated heterocycles. The average Bonchev–Trinajstić information content (AvgIpc) is 3.54. The minimum Gasteiger partial charge on any atom is -0.490 e. The molecule has 4 aromatic rings. The fourth-order valence-corrected chi connectivity index (χ4v) is 3.98. The maximum Gasteiger partial charge on any atom is 0.254 e. The summed E-state index contributed by atoms with van der Waals surface area (Å²) in [5.74, 6) is 0.501. The Kier molecular flexibility index (Phi) is 5.45. The monoisotopic (exact) mass is 447 g/mol. The number of rotatable bonds is 6. The summed E-state index contributed by atoms with van der Waals surface area (Å²) >= 11 is 0. The summed E-state index contributed by atoms with van der Waals surface area (Å²) in [7, 11) is 1.74. The Balaban J connectivity index is 1.44. The van der Waals surface area contributed by atoms with Gasteiger partial charge in [0.2, 0.25) is 0 Å². The van der Waals surface area contributed by atoms with E-state index >= 15 is 0 Å². The third kappa shape index (κ3) is 4.07. The molecule has 166 valence electrons. The van der Waals surface area contributed by atoms with E-state index in [0.717, 1.165) is 40.4 Å². The highest BCUT2D eigenvalue weighted by atomic mass is 16.5. The molecule has 1 N–H and O–H groups in total. The van der Waals surface area contributed by atoms with Crippen LogP contribution in [0.1, 0.15) is 39.9 Å². The van der Waals surface area contributed by atoms with Crippen molar-refractivity contribution in [1.82, 2.24) is 15.1 Å². The van der Waals surface area contributed by atoms with Crippen LogP contribution in [0.25, 0.3) is 22.0 Å². The van der Waals surface area contributed by atoms with Gasteiger partial charge in [-0.05, 0) is 60.4 Å². The first-order valence-corrected chi connectivity index (χ1v) is 11.0. The highest BCUT2D eigenvalue weighted by Gasteiger charge is 2.26. The summed E-state index contributed by atoms with van der Waals surface area (Å²) in [5.41, 5.74) is 5.00. The molecule has 0 aliphatic heterocycles. The molecule has 1 heterocycles. The van der Waals surface area contributed by atoms with Crippen molar-refractivity contribution >= 4 is 16.8 Å². The van der Waals surface area contributed by atoms with Crippen LogP contribution in [-0.4, -0.2) is 34.2 Å². The van der Waals surface area contributed by atoms with Crippen molar-refractivity contribution in [3.63, 3.8) is 0 Å². The fraction of sp³-hybridized carbons (Fsp3) is 0.185. The van der Waals surface area contributed by atoms with E-state index in [1.165, 1.54) is 0 Å². The van der Waals surface area contributed by atoms with E-state index in [-0.39, 0.29) is 12.0 Å². The van der Waals surface area contributed by atoms with Crippen LogP contribution in [0.4, 0.5) is 0 Å². The Hall–Kier alpha value is -4.62. The Morgan fingerprint density at radius 2 is 2.00 bits per heavy atom. The van der Waals surface area contributed by atoms with Crippen molar-refractivity contribution in [3.8, 4) is 29.0 Å². The van der Waals surface area contributed by atoms with E-state index in [0.29, 0.717) is 29.0 Å². The number of nitrogens with zero attached hydrogens (tertiary/aromatic N) is 4. The van der Waals surface area contributed by atoms with Crippen molar-refractivity contribution in [2.24, 2.45) is 0 Å². The van der Waals surface area contributed by atoms with Crippen molar-refractivity contribution in [2.45, 2.75) is 25.5 Å². The van der Waals surface area contributed by atoms with Gasteiger partial charge in [-0.1, -0.05) is 18.2 Å². The molecular weight excluding hydrogens is 426 g/mol. The largest absolute Gasteiger partial charge is 0.490 e. The van der Waals surface area contributed by atoms with E-state index in [2.05, 4.69) is 22.3 Å². The number of benzene rings is 3. The number of carbonyl (C=O) groups excluding carboxylic acids is 1. The molecule has 0 spiro atoms. The van der Waals surface area contributed by atoms with Crippen LogP contribution in [0.15, 0.2) is 60.8 Å². The molecule has 1 aliphatic carbocycles. The Labute approximate surface area is 196 Å². The lowest BCUT2D eigenvalue weighted by Gasteiger charge is -2.19. The number of aromatic amines is 1. The molecule has 7 nitrogen and oxygen atoms in total. The molecule has 0 atom stereocenters. The van der Waals surface area contributed by atoms with E-state index in [1.807, 2.05) is 30.3 Å². The number of amides is 1. The zero-order valence-electron chi connectivity index (χ0n) is 18.6. The Morgan fingerprint density at radius 1 is 1.15 bits per heavy atom. The van der Waals surface area contributed by atoms with Gasteiger partial charge >= 0.3 is 0 Å². The van der Waals surface area contributed by atoms with Gasteiger partial charge in [-0.3, -0.25) is 9.89 Å². The average molecular weight is 447 g/mol. The summed E-state index contributed by atoms with van der Waals surface area (Å²) in [6, 6.07) is 20.7. The van der Waals surface area contributed by atoms with Gasteiger partial charge in [-0.2, -0.15) is 15.6 Å². The maximum absolute atomic E-state index is 13.3. The van der Waals surface area contributed by atoms with E-state index in [9.17, 15) is 15.3 Å². The van der Waals surface area contributed by atoms with Crippen LogP contribution in [0.5, 0.6) is 5.75 Å². The number of hydrogen-bond donors (Lipinski definition) is 1. The molecule has 1 aromatic heterocycles. The SMILES string of the molecule is CN(Cc1ccc(C#N)c2cn[nH]c12)C(=O)c1ccc(-c2cccc(C#N)c2)c(OC2CC2)c1. The second kappa shape index (κ2) is 8.73. The number of nitriles is 2. The molecule has 1 fully saturated rings. The predicted octanol–water partition coefficient (Wildman–Crippen LogP) is 4.79. The first kappa shape index (κ1) is 21.2. The minimum atomic E-state index is -0.144. The molecule has 7 heteroatoms. The maximum atomic E-state index is 13.3. The van der Waals surface area contributed by atoms with Crippen LogP contribution in [0.3, 0.4) is 0 Å². The standard InChI is InChI=1S/C27H21N5O2/c1-32(16-21-6-5-20(14-29)24-15-30-31-26(21)24)27(33)19-7-10-23(25(12-19)34-22-8-9-22)18-4-2-3-17(11-18)13-28/h2-7,10-12,15,22H,8-9,16H2,1H3,(H,30,31). The molecule has 0 bridgehead atoms. The molecule has 1 amide bonds. The van der Waals surface area contributed by atoms with Gasteiger partial charge in [-0.15, -0.1) is 0 Å². The van der Waals surface area contributed by atoms with E-state index < -0.39 is 0 Å². The third-order valence-corrected chi connectivity index (χ3v) is 5.93. The van der Waals surface area contributed by atoms with Crippen molar-refractivity contribution in [1.29, 1.82) is 10.5 Å². The lowest BCUT2D eigenvalue weighted by Crippen LogP contribution is -2.26. The zero-order chi connectivity index (χ0) is 23.7. The van der Waals surface area contributed by atoms with Crippen molar-refractivity contribution < 1.29 is 9.53 Å². The third-order valence-electron chi connectivity index (χ3n) is 5.93. The van der Waals surface area contributed by atoms with Crippen LogP contribution in [0, 0.1) is 22.7 Å². The number of aromatic nitrogens is 2. The van der Waals surface area contributed by atoms with E-state index in [4.69, 9.17) is 4.74 Å². The van der Waals surface area contributed by atoms with Gasteiger partial charge in [-0.25, -0.2) is 0 Å². The van der Waals surface area contributed by atoms with Gasteiger partial charge < -0.3 is 9.64 Å². The van der Waals surface area contributed by atoms with Gasteiger partial charge in [0.1, 0.15) is 5.75 Å². The summed E-state index contributed by atoms with van der Waals surface area (Å²) in [4.78, 5) is 14.9. The number of H-pyrrole nitrogens is 1. The summed E-state index contributed by atoms with van der Waals surface area (Å²) in [6.07, 6.45) is 3.78. The topological polar surface area (TPSA) is 106 Å². The summed E-state index contributed by atoms with van der Waals surface area (Å²) < 4.78 is 6.15. The first-order chi connectivity index (χ1) is 16.6. The van der Waals surface area contributed by atoms with Crippen LogP contribution in [0.2, 0.25) is 0 Å².